The number of hydrogen-bond acceptors (Lipinski definition) is 3. The normalized spacial score (nSPS) is 9.62. The lowest BCUT2D eigenvalue weighted by Crippen LogP contribution is -2.01. The molecule has 4 nitrogen and oxygen atoms in total. The number of pyridine rings is 1. The van der Waals surface area contributed by atoms with Gasteiger partial charge in [0.1, 0.15) is 5.82 Å². The number of rotatable bonds is 2. The SMILES string of the molecule is C=C(C(=O)O)c1cnc(N)c(C)c1. The summed E-state index contributed by atoms with van der Waals surface area (Å²) in [6, 6.07) is 1.65. The summed E-state index contributed by atoms with van der Waals surface area (Å²) < 4.78 is 0. The lowest BCUT2D eigenvalue weighted by atomic mass is 10.1. The molecule has 13 heavy (non-hydrogen) atoms. The summed E-state index contributed by atoms with van der Waals surface area (Å²) >= 11 is 0. The fourth-order valence-electron chi connectivity index (χ4n) is 0.874. The number of aliphatic carboxylic acids is 1. The van der Waals surface area contributed by atoms with E-state index in [1.807, 2.05) is 0 Å². The number of carboxylic acid groups (broad SMARTS) is 1. The van der Waals surface area contributed by atoms with Crippen LogP contribution in [0, 0.1) is 6.92 Å². The summed E-state index contributed by atoms with van der Waals surface area (Å²) in [7, 11) is 0. The number of carbonyl (C=O) groups is 1. The Labute approximate surface area is 75.7 Å². The molecule has 1 aromatic rings. The first kappa shape index (κ1) is 9.25. The fraction of sp³-hybridized carbons (Fsp3) is 0.111. The van der Waals surface area contributed by atoms with Crippen LogP contribution in [0.3, 0.4) is 0 Å². The molecule has 0 radical (unpaired) electrons. The van der Waals surface area contributed by atoms with Gasteiger partial charge >= 0.3 is 5.97 Å². The summed E-state index contributed by atoms with van der Waals surface area (Å²) in [5, 5.41) is 8.64. The minimum absolute atomic E-state index is 0.0237. The highest BCUT2D eigenvalue weighted by Gasteiger charge is 2.08. The number of nitrogens with zero attached hydrogens (tertiary/aromatic N) is 1. The van der Waals surface area contributed by atoms with Crippen LogP contribution in [0.5, 0.6) is 0 Å². The van der Waals surface area contributed by atoms with Crippen molar-refractivity contribution in [2.24, 2.45) is 0 Å². The molecule has 0 spiro atoms. The van der Waals surface area contributed by atoms with Gasteiger partial charge in [0, 0.05) is 11.8 Å². The van der Waals surface area contributed by atoms with E-state index >= 15 is 0 Å². The second-order valence-corrected chi connectivity index (χ2v) is 2.71. The molecule has 0 aliphatic heterocycles. The van der Waals surface area contributed by atoms with Crippen molar-refractivity contribution in [1.82, 2.24) is 4.98 Å². The van der Waals surface area contributed by atoms with E-state index in [4.69, 9.17) is 10.8 Å². The summed E-state index contributed by atoms with van der Waals surface area (Å²) in [6.45, 7) is 5.18. The smallest absolute Gasteiger partial charge is 0.335 e. The standard InChI is InChI=1S/C9H10N2O2/c1-5-3-7(4-11-8(5)10)6(2)9(12)13/h3-4H,2H2,1H3,(H2,10,11)(H,12,13). The van der Waals surface area contributed by atoms with Crippen LogP contribution in [0.1, 0.15) is 11.1 Å². The van der Waals surface area contributed by atoms with Crippen molar-refractivity contribution in [2.45, 2.75) is 6.92 Å². The molecule has 1 heterocycles. The van der Waals surface area contributed by atoms with Crippen LogP contribution in [0.4, 0.5) is 5.82 Å². The first-order valence-electron chi connectivity index (χ1n) is 3.67. The molecule has 0 atom stereocenters. The maximum Gasteiger partial charge on any atom is 0.335 e. The van der Waals surface area contributed by atoms with Crippen molar-refractivity contribution < 1.29 is 9.90 Å². The van der Waals surface area contributed by atoms with Gasteiger partial charge in [-0.3, -0.25) is 0 Å². The van der Waals surface area contributed by atoms with Crippen molar-refractivity contribution in [3.8, 4) is 0 Å². The largest absolute Gasteiger partial charge is 0.478 e. The highest BCUT2D eigenvalue weighted by atomic mass is 16.4. The fourth-order valence-corrected chi connectivity index (χ4v) is 0.874. The highest BCUT2D eigenvalue weighted by Crippen LogP contribution is 2.15. The van der Waals surface area contributed by atoms with Crippen LogP contribution in [0.15, 0.2) is 18.8 Å². The van der Waals surface area contributed by atoms with E-state index in [-0.39, 0.29) is 5.57 Å². The van der Waals surface area contributed by atoms with E-state index in [0.29, 0.717) is 11.4 Å². The van der Waals surface area contributed by atoms with Gasteiger partial charge in [-0.2, -0.15) is 0 Å². The predicted octanol–water partition coefficient (Wildman–Crippen LogP) is 1.07. The van der Waals surface area contributed by atoms with Gasteiger partial charge in [0.2, 0.25) is 0 Å². The molecule has 0 aliphatic rings. The zero-order valence-electron chi connectivity index (χ0n) is 7.24. The zero-order chi connectivity index (χ0) is 10.0. The van der Waals surface area contributed by atoms with Gasteiger partial charge in [0.25, 0.3) is 0 Å². The molecule has 0 saturated carbocycles. The first-order valence-corrected chi connectivity index (χ1v) is 3.67. The topological polar surface area (TPSA) is 76.2 Å². The second kappa shape index (κ2) is 3.26. The maximum atomic E-state index is 10.5. The van der Waals surface area contributed by atoms with E-state index in [9.17, 15) is 4.79 Å². The third kappa shape index (κ3) is 1.84. The average molecular weight is 178 g/mol. The number of hydrogen-bond donors (Lipinski definition) is 2. The maximum absolute atomic E-state index is 10.5. The Morgan fingerprint density at radius 2 is 2.31 bits per heavy atom. The second-order valence-electron chi connectivity index (χ2n) is 2.71. The van der Waals surface area contributed by atoms with E-state index < -0.39 is 5.97 Å². The lowest BCUT2D eigenvalue weighted by Gasteiger charge is -2.03. The number of nitrogen functional groups attached to an aromatic ring is 1. The Morgan fingerprint density at radius 1 is 1.69 bits per heavy atom. The molecule has 0 saturated heterocycles. The van der Waals surface area contributed by atoms with Crippen LogP contribution >= 0.6 is 0 Å². The Balaban J connectivity index is 3.11. The molecule has 3 N–H and O–H groups in total. The summed E-state index contributed by atoms with van der Waals surface area (Å²) in [5.41, 5.74) is 6.74. The summed E-state index contributed by atoms with van der Waals surface area (Å²) in [5.74, 6) is -0.645. The van der Waals surface area contributed by atoms with Gasteiger partial charge in [-0.1, -0.05) is 6.58 Å². The van der Waals surface area contributed by atoms with Gasteiger partial charge in [-0.05, 0) is 18.6 Å². The molecule has 0 fully saturated rings. The third-order valence-corrected chi connectivity index (χ3v) is 1.73. The van der Waals surface area contributed by atoms with E-state index in [0.717, 1.165) is 5.56 Å². The van der Waals surface area contributed by atoms with Gasteiger partial charge in [0.15, 0.2) is 0 Å². The van der Waals surface area contributed by atoms with Crippen molar-refractivity contribution >= 4 is 17.4 Å². The molecular weight excluding hydrogens is 168 g/mol. The molecule has 1 rings (SSSR count). The lowest BCUT2D eigenvalue weighted by molar-refractivity contribution is -0.130. The summed E-state index contributed by atoms with van der Waals surface area (Å²) in [6.07, 6.45) is 1.40. The molecular formula is C9H10N2O2. The van der Waals surface area contributed by atoms with E-state index in [1.54, 1.807) is 13.0 Å². The number of aromatic nitrogens is 1. The first-order chi connectivity index (χ1) is 6.02. The molecule has 0 bridgehead atoms. The molecule has 1 aromatic heterocycles. The third-order valence-electron chi connectivity index (χ3n) is 1.73. The van der Waals surface area contributed by atoms with Gasteiger partial charge in [-0.25, -0.2) is 9.78 Å². The van der Waals surface area contributed by atoms with Crippen LogP contribution in [-0.2, 0) is 4.79 Å². The summed E-state index contributed by atoms with van der Waals surface area (Å²) in [4.78, 5) is 14.4. The number of nitrogens with two attached hydrogens (primary N) is 1. The zero-order valence-corrected chi connectivity index (χ0v) is 7.24. The molecule has 68 valence electrons. The van der Waals surface area contributed by atoms with Crippen molar-refractivity contribution in [3.05, 3.63) is 30.0 Å². The Hall–Kier alpha value is -1.84. The molecule has 0 aromatic carbocycles. The predicted molar refractivity (Wildman–Crippen MR) is 50.1 cm³/mol. The van der Waals surface area contributed by atoms with E-state index in [2.05, 4.69) is 11.6 Å². The Bertz CT molecular complexity index is 372. The average Bonchev–Trinajstić information content (AvgIpc) is 2.08. The van der Waals surface area contributed by atoms with Gasteiger partial charge in [-0.15, -0.1) is 0 Å². The molecule has 4 heteroatoms. The van der Waals surface area contributed by atoms with Crippen LogP contribution in [0.2, 0.25) is 0 Å². The monoisotopic (exact) mass is 178 g/mol. The minimum Gasteiger partial charge on any atom is -0.478 e. The van der Waals surface area contributed by atoms with Crippen molar-refractivity contribution in [1.29, 1.82) is 0 Å². The van der Waals surface area contributed by atoms with Crippen molar-refractivity contribution in [2.75, 3.05) is 5.73 Å². The number of anilines is 1. The quantitative estimate of drug-likeness (QED) is 0.664. The van der Waals surface area contributed by atoms with Crippen molar-refractivity contribution in [3.63, 3.8) is 0 Å². The van der Waals surface area contributed by atoms with E-state index in [1.165, 1.54) is 6.20 Å². The minimum atomic E-state index is -1.05. The van der Waals surface area contributed by atoms with Crippen LogP contribution in [0.25, 0.3) is 5.57 Å². The van der Waals surface area contributed by atoms with Gasteiger partial charge < -0.3 is 10.8 Å². The molecule has 0 amide bonds. The van der Waals surface area contributed by atoms with Gasteiger partial charge in [0.05, 0.1) is 5.57 Å². The molecule has 0 aliphatic carbocycles. The Morgan fingerprint density at radius 3 is 2.77 bits per heavy atom. The molecule has 0 unspecified atom stereocenters. The highest BCUT2D eigenvalue weighted by molar-refractivity contribution is 6.14. The number of aryl methyl sites for hydroxylation is 1. The number of carboxylic acids is 1. The Kier molecular flexibility index (Phi) is 2.32. The van der Waals surface area contributed by atoms with Crippen LogP contribution in [-0.4, -0.2) is 16.1 Å². The van der Waals surface area contributed by atoms with Crippen LogP contribution < -0.4 is 5.73 Å².